The van der Waals surface area contributed by atoms with Gasteiger partial charge in [0.15, 0.2) is 0 Å². The molecule has 0 fully saturated rings. The van der Waals surface area contributed by atoms with E-state index >= 15 is 0 Å². The van der Waals surface area contributed by atoms with Crippen molar-refractivity contribution >= 4 is 5.69 Å². The Balaban J connectivity index is 2.00. The highest BCUT2D eigenvalue weighted by atomic mass is 15.2. The van der Waals surface area contributed by atoms with E-state index in [4.69, 9.17) is 0 Å². The number of anilines is 1. The van der Waals surface area contributed by atoms with E-state index in [1.54, 1.807) is 0 Å². The molecule has 0 radical (unpaired) electrons. The van der Waals surface area contributed by atoms with Gasteiger partial charge in [0.2, 0.25) is 0 Å². The van der Waals surface area contributed by atoms with Crippen LogP contribution in [0.4, 0.5) is 5.69 Å². The van der Waals surface area contributed by atoms with Gasteiger partial charge >= 0.3 is 0 Å². The maximum Gasteiger partial charge on any atom is 0.0547 e. The number of rotatable bonds is 2. The Kier molecular flexibility index (Phi) is 2.56. The predicted octanol–water partition coefficient (Wildman–Crippen LogP) is 3.55. The molecule has 0 amide bonds. The van der Waals surface area contributed by atoms with Gasteiger partial charge in [0.25, 0.3) is 0 Å². The van der Waals surface area contributed by atoms with Crippen LogP contribution in [-0.2, 0) is 6.54 Å². The fraction of sp³-hybridized carbons (Fsp3) is 0.267. The van der Waals surface area contributed by atoms with Gasteiger partial charge in [-0.05, 0) is 29.7 Å². The van der Waals surface area contributed by atoms with Crippen molar-refractivity contribution in [3.05, 3.63) is 59.9 Å². The zero-order chi connectivity index (χ0) is 11.7. The Morgan fingerprint density at radius 3 is 2.71 bits per heavy atom. The Morgan fingerprint density at radius 2 is 1.94 bits per heavy atom. The molecule has 2 nitrogen and oxygen atoms in total. The maximum absolute atomic E-state index is 4.09. The van der Waals surface area contributed by atoms with E-state index in [9.17, 15) is 0 Å². The first-order chi connectivity index (χ1) is 8.40. The fourth-order valence-corrected chi connectivity index (χ4v) is 2.71. The summed E-state index contributed by atoms with van der Waals surface area (Å²) in [6, 6.07) is 13.4. The molecule has 1 aromatic carbocycles. The minimum Gasteiger partial charge on any atom is -0.360 e. The van der Waals surface area contributed by atoms with Crippen LogP contribution in [0.2, 0.25) is 0 Å². The molecule has 0 aliphatic carbocycles. The van der Waals surface area contributed by atoms with E-state index in [1.165, 1.54) is 16.8 Å². The summed E-state index contributed by atoms with van der Waals surface area (Å²) >= 11 is 0. The van der Waals surface area contributed by atoms with E-state index in [1.807, 2.05) is 12.4 Å². The first-order valence-corrected chi connectivity index (χ1v) is 6.14. The van der Waals surface area contributed by atoms with Crippen LogP contribution in [0.3, 0.4) is 0 Å². The minimum absolute atomic E-state index is 0.508. The van der Waals surface area contributed by atoms with Gasteiger partial charge in [-0.3, -0.25) is 4.98 Å². The lowest BCUT2D eigenvalue weighted by atomic mass is 10.0. The average Bonchev–Trinajstić information content (AvgIpc) is 2.78. The van der Waals surface area contributed by atoms with E-state index in [2.05, 4.69) is 53.2 Å². The first kappa shape index (κ1) is 10.3. The third kappa shape index (κ3) is 1.70. The zero-order valence-corrected chi connectivity index (χ0v) is 10.0. The number of pyridine rings is 1. The van der Waals surface area contributed by atoms with E-state index in [0.717, 1.165) is 13.0 Å². The number of nitrogens with zero attached hydrogens (tertiary/aromatic N) is 2. The van der Waals surface area contributed by atoms with Crippen LogP contribution in [0.1, 0.15) is 30.5 Å². The van der Waals surface area contributed by atoms with Crippen molar-refractivity contribution in [1.29, 1.82) is 0 Å². The number of fused-ring (bicyclic) bond motifs is 1. The Bertz CT molecular complexity index is 507. The second-order valence-electron chi connectivity index (χ2n) is 4.46. The highest BCUT2D eigenvalue weighted by Crippen LogP contribution is 2.38. The number of benzene rings is 1. The smallest absolute Gasteiger partial charge is 0.0547 e. The van der Waals surface area contributed by atoms with Gasteiger partial charge in [-0.1, -0.05) is 31.2 Å². The van der Waals surface area contributed by atoms with Crippen LogP contribution in [0.25, 0.3) is 0 Å². The topological polar surface area (TPSA) is 16.1 Å². The van der Waals surface area contributed by atoms with Crippen molar-refractivity contribution in [3.8, 4) is 0 Å². The van der Waals surface area contributed by atoms with Crippen molar-refractivity contribution in [3.63, 3.8) is 0 Å². The normalized spacial score (nSPS) is 18.2. The highest BCUT2D eigenvalue weighted by Gasteiger charge is 2.28. The van der Waals surface area contributed by atoms with Gasteiger partial charge < -0.3 is 4.90 Å². The molecule has 1 atom stereocenters. The molecule has 0 N–H and O–H groups in total. The van der Waals surface area contributed by atoms with Crippen molar-refractivity contribution in [2.75, 3.05) is 4.90 Å². The largest absolute Gasteiger partial charge is 0.360 e. The van der Waals surface area contributed by atoms with Crippen LogP contribution < -0.4 is 4.90 Å². The van der Waals surface area contributed by atoms with Crippen molar-refractivity contribution in [2.45, 2.75) is 25.9 Å². The lowest BCUT2D eigenvalue weighted by molar-refractivity contribution is 0.648. The Labute approximate surface area is 102 Å². The summed E-state index contributed by atoms with van der Waals surface area (Å²) in [5.41, 5.74) is 4.20. The number of hydrogen-bond acceptors (Lipinski definition) is 2. The van der Waals surface area contributed by atoms with Crippen LogP contribution in [0.5, 0.6) is 0 Å². The highest BCUT2D eigenvalue weighted by molar-refractivity contribution is 5.53. The summed E-state index contributed by atoms with van der Waals surface area (Å²) in [4.78, 5) is 6.55. The molecule has 2 heterocycles. The molecule has 1 aliphatic rings. The number of hydrogen-bond donors (Lipinski definition) is 0. The predicted molar refractivity (Wildman–Crippen MR) is 69.9 cm³/mol. The summed E-state index contributed by atoms with van der Waals surface area (Å²) in [7, 11) is 0. The molecule has 2 heteroatoms. The monoisotopic (exact) mass is 224 g/mol. The quantitative estimate of drug-likeness (QED) is 0.775. The van der Waals surface area contributed by atoms with Gasteiger partial charge in [0, 0.05) is 24.6 Å². The molecular formula is C15H16N2. The molecule has 0 spiro atoms. The lowest BCUT2D eigenvalue weighted by Crippen LogP contribution is -2.20. The van der Waals surface area contributed by atoms with Crippen molar-refractivity contribution in [2.24, 2.45) is 0 Å². The molecule has 0 saturated carbocycles. The standard InChI is InChI=1S/C15H16N2/c1-2-15-14-6-4-3-5-12(14)11-17(15)13-7-9-16-10-8-13/h3-10,15H,2,11H2,1H3. The molecular weight excluding hydrogens is 208 g/mol. The fourth-order valence-electron chi connectivity index (χ4n) is 2.71. The van der Waals surface area contributed by atoms with Crippen molar-refractivity contribution < 1.29 is 0 Å². The van der Waals surface area contributed by atoms with Gasteiger partial charge in [-0.25, -0.2) is 0 Å². The number of aromatic nitrogens is 1. The van der Waals surface area contributed by atoms with E-state index in [-0.39, 0.29) is 0 Å². The van der Waals surface area contributed by atoms with Crippen LogP contribution in [0, 0.1) is 0 Å². The summed E-state index contributed by atoms with van der Waals surface area (Å²) in [6.07, 6.45) is 4.87. The van der Waals surface area contributed by atoms with Crippen molar-refractivity contribution in [1.82, 2.24) is 4.98 Å². The van der Waals surface area contributed by atoms with Crippen LogP contribution >= 0.6 is 0 Å². The van der Waals surface area contributed by atoms with Gasteiger partial charge in [0.1, 0.15) is 0 Å². The Morgan fingerprint density at radius 1 is 1.18 bits per heavy atom. The molecule has 1 aromatic heterocycles. The molecule has 0 bridgehead atoms. The third-order valence-corrected chi connectivity index (χ3v) is 3.51. The maximum atomic E-state index is 4.09. The molecule has 1 unspecified atom stereocenters. The van der Waals surface area contributed by atoms with Crippen LogP contribution in [-0.4, -0.2) is 4.98 Å². The molecule has 0 saturated heterocycles. The summed E-state index contributed by atoms with van der Waals surface area (Å²) < 4.78 is 0. The van der Waals surface area contributed by atoms with E-state index < -0.39 is 0 Å². The second kappa shape index (κ2) is 4.21. The minimum atomic E-state index is 0.508. The summed E-state index contributed by atoms with van der Waals surface area (Å²) in [5, 5.41) is 0. The molecule has 1 aliphatic heterocycles. The summed E-state index contributed by atoms with van der Waals surface area (Å²) in [5.74, 6) is 0. The first-order valence-electron chi connectivity index (χ1n) is 6.14. The zero-order valence-electron chi connectivity index (χ0n) is 10.0. The third-order valence-electron chi connectivity index (χ3n) is 3.51. The summed E-state index contributed by atoms with van der Waals surface area (Å²) in [6.45, 7) is 3.26. The van der Waals surface area contributed by atoms with Gasteiger partial charge in [-0.15, -0.1) is 0 Å². The van der Waals surface area contributed by atoms with Gasteiger partial charge in [-0.2, -0.15) is 0 Å². The van der Waals surface area contributed by atoms with Gasteiger partial charge in [0.05, 0.1) is 6.04 Å². The molecule has 17 heavy (non-hydrogen) atoms. The molecule has 86 valence electrons. The SMILES string of the molecule is CCC1c2ccccc2CN1c1ccncc1. The molecule has 3 rings (SSSR count). The van der Waals surface area contributed by atoms with Crippen LogP contribution in [0.15, 0.2) is 48.8 Å². The average molecular weight is 224 g/mol. The lowest BCUT2D eigenvalue weighted by Gasteiger charge is -2.26. The second-order valence-corrected chi connectivity index (χ2v) is 4.46. The van der Waals surface area contributed by atoms with E-state index in [0.29, 0.717) is 6.04 Å². The Hall–Kier alpha value is -1.83. The molecule has 2 aromatic rings.